The van der Waals surface area contributed by atoms with Crippen molar-refractivity contribution in [2.24, 2.45) is 11.0 Å². The zero-order valence-corrected chi connectivity index (χ0v) is 21.0. The second-order valence-corrected chi connectivity index (χ2v) is 11.2. The Labute approximate surface area is 201 Å². The summed E-state index contributed by atoms with van der Waals surface area (Å²) in [5, 5.41) is 23.6. The summed E-state index contributed by atoms with van der Waals surface area (Å²) in [5.41, 5.74) is 11.2. The van der Waals surface area contributed by atoms with Gasteiger partial charge in [0.2, 0.25) is 0 Å². The summed E-state index contributed by atoms with van der Waals surface area (Å²) in [4.78, 5) is 18.2. The first-order valence-electron chi connectivity index (χ1n) is 11.6. The number of carbonyl (C=O) groups excluding carboxylic acids is 1. The lowest BCUT2D eigenvalue weighted by Crippen LogP contribution is -2.32. The molecule has 1 aliphatic heterocycles. The van der Waals surface area contributed by atoms with E-state index in [1.54, 1.807) is 17.0 Å². The van der Waals surface area contributed by atoms with E-state index in [0.29, 0.717) is 17.9 Å². The molecule has 0 bridgehead atoms. The molecule has 2 atom stereocenters. The first kappa shape index (κ1) is 25.3. The number of amidine groups is 1. The minimum absolute atomic E-state index is 0.0624. The molecule has 0 aromatic heterocycles. The third-order valence-electron chi connectivity index (χ3n) is 6.48. The van der Waals surface area contributed by atoms with Crippen LogP contribution in [0.4, 0.5) is 0 Å². The maximum atomic E-state index is 13.5. The van der Waals surface area contributed by atoms with Gasteiger partial charge in [-0.15, -0.1) is 0 Å². The van der Waals surface area contributed by atoms with Gasteiger partial charge >= 0.3 is 0 Å². The predicted octanol–water partition coefficient (Wildman–Crippen LogP) is 6.17. The normalized spacial score (nSPS) is 18.6. The van der Waals surface area contributed by atoms with E-state index in [1.165, 1.54) is 0 Å². The molecule has 7 nitrogen and oxygen atoms in total. The molecule has 1 saturated heterocycles. The van der Waals surface area contributed by atoms with Crippen LogP contribution in [0.15, 0.2) is 47.6 Å². The number of hydrogen-bond acceptors (Lipinski definition) is 4. The van der Waals surface area contributed by atoms with Crippen LogP contribution in [0, 0.1) is 11.3 Å². The fraction of sp³-hybridized carbons (Fsp3) is 0.481. The van der Waals surface area contributed by atoms with E-state index in [9.17, 15) is 9.90 Å². The van der Waals surface area contributed by atoms with E-state index in [0.717, 1.165) is 16.7 Å². The molecule has 7 heteroatoms. The highest BCUT2D eigenvalue weighted by molar-refractivity contribution is 6.01. The number of nitrogens with zero attached hydrogens (tertiary/aromatic N) is 4. The Morgan fingerprint density at radius 1 is 1.12 bits per heavy atom. The molecular formula is C27H35N5O2. The molecule has 0 aliphatic carbocycles. The minimum atomic E-state index is -0.334. The standard InChI is InChI=1S/C27H35N5O2/c1-26(2,3)20-12-18(13-21(24(20)34)27(4,5)6)22(33)16-32-15-19(14-30-31-29)23(25(32)28)17-10-8-7-9-11-17/h7-13,19,23,28,34H,14-16H2,1-6H3/t19-,23+/m0/s1. The summed E-state index contributed by atoms with van der Waals surface area (Å²) in [6.07, 6.45) is 0. The fourth-order valence-corrected chi connectivity index (χ4v) is 4.65. The Hall–Kier alpha value is -3.31. The number of hydrogen-bond donors (Lipinski definition) is 2. The summed E-state index contributed by atoms with van der Waals surface area (Å²) in [6, 6.07) is 13.3. The number of phenols is 1. The molecular weight excluding hydrogens is 426 g/mol. The number of nitrogens with one attached hydrogen (secondary N) is 1. The summed E-state index contributed by atoms with van der Waals surface area (Å²) in [7, 11) is 0. The van der Waals surface area contributed by atoms with Gasteiger partial charge in [-0.25, -0.2) is 0 Å². The Bertz CT molecular complexity index is 1090. The van der Waals surface area contributed by atoms with Crippen molar-refractivity contribution in [2.75, 3.05) is 19.6 Å². The van der Waals surface area contributed by atoms with Gasteiger partial charge in [-0.3, -0.25) is 10.2 Å². The van der Waals surface area contributed by atoms with Crippen molar-refractivity contribution in [1.29, 1.82) is 5.41 Å². The maximum absolute atomic E-state index is 13.5. The van der Waals surface area contributed by atoms with Crippen LogP contribution in [0.3, 0.4) is 0 Å². The van der Waals surface area contributed by atoms with Gasteiger partial charge in [0.15, 0.2) is 5.78 Å². The van der Waals surface area contributed by atoms with E-state index in [4.69, 9.17) is 10.9 Å². The minimum Gasteiger partial charge on any atom is -0.507 e. The zero-order valence-electron chi connectivity index (χ0n) is 21.0. The molecule has 2 aromatic rings. The van der Waals surface area contributed by atoms with Crippen LogP contribution < -0.4 is 0 Å². The van der Waals surface area contributed by atoms with Crippen molar-refractivity contribution in [2.45, 2.75) is 58.3 Å². The van der Waals surface area contributed by atoms with Gasteiger partial charge in [0.05, 0.1) is 6.54 Å². The summed E-state index contributed by atoms with van der Waals surface area (Å²) >= 11 is 0. The van der Waals surface area contributed by atoms with E-state index < -0.39 is 0 Å². The van der Waals surface area contributed by atoms with Gasteiger partial charge < -0.3 is 10.0 Å². The lowest BCUT2D eigenvalue weighted by Gasteiger charge is -2.28. The van der Waals surface area contributed by atoms with Gasteiger partial charge in [0, 0.05) is 40.6 Å². The van der Waals surface area contributed by atoms with Crippen LogP contribution >= 0.6 is 0 Å². The lowest BCUT2D eigenvalue weighted by atomic mass is 9.78. The predicted molar refractivity (Wildman–Crippen MR) is 136 cm³/mol. The molecule has 0 saturated carbocycles. The molecule has 1 fully saturated rings. The van der Waals surface area contributed by atoms with Crippen LogP contribution in [0.25, 0.3) is 10.4 Å². The Kier molecular flexibility index (Phi) is 7.08. The first-order valence-corrected chi connectivity index (χ1v) is 11.6. The lowest BCUT2D eigenvalue weighted by molar-refractivity contribution is 0.0963. The van der Waals surface area contributed by atoms with Crippen molar-refractivity contribution in [3.05, 3.63) is 75.2 Å². The smallest absolute Gasteiger partial charge is 0.182 e. The summed E-state index contributed by atoms with van der Waals surface area (Å²) in [6.45, 7) is 12.9. The Morgan fingerprint density at radius 3 is 2.18 bits per heavy atom. The number of ketones is 1. The van der Waals surface area contributed by atoms with Crippen LogP contribution in [0.2, 0.25) is 0 Å². The van der Waals surface area contributed by atoms with Crippen molar-refractivity contribution >= 4 is 11.6 Å². The second kappa shape index (κ2) is 9.51. The Morgan fingerprint density at radius 2 is 1.68 bits per heavy atom. The average Bonchev–Trinajstić information content (AvgIpc) is 3.06. The van der Waals surface area contributed by atoms with E-state index in [-0.39, 0.29) is 47.3 Å². The third-order valence-corrected chi connectivity index (χ3v) is 6.48. The highest BCUT2D eigenvalue weighted by Gasteiger charge is 2.39. The maximum Gasteiger partial charge on any atom is 0.182 e. The molecule has 180 valence electrons. The molecule has 1 aliphatic rings. The molecule has 3 rings (SSSR count). The van der Waals surface area contributed by atoms with Crippen LogP contribution in [-0.2, 0) is 10.8 Å². The molecule has 0 amide bonds. The monoisotopic (exact) mass is 461 g/mol. The molecule has 1 heterocycles. The third kappa shape index (κ3) is 5.26. The van der Waals surface area contributed by atoms with Gasteiger partial charge in [-0.1, -0.05) is 77.0 Å². The topological polar surface area (TPSA) is 113 Å². The highest BCUT2D eigenvalue weighted by atomic mass is 16.3. The van der Waals surface area contributed by atoms with Crippen molar-refractivity contribution < 1.29 is 9.90 Å². The number of aromatic hydroxyl groups is 1. The molecule has 0 radical (unpaired) electrons. The molecule has 2 N–H and O–H groups in total. The SMILES string of the molecule is CC(C)(C)c1cc(C(=O)CN2C[C@H](CN=[N+]=[N-])[C@@H](c3ccccc3)C2=N)cc(C(C)(C)C)c1O. The zero-order chi connectivity index (χ0) is 25.3. The molecule has 2 aromatic carbocycles. The van der Waals surface area contributed by atoms with Crippen molar-refractivity contribution in [3.8, 4) is 5.75 Å². The van der Waals surface area contributed by atoms with E-state index in [2.05, 4.69) is 10.0 Å². The fourth-order valence-electron chi connectivity index (χ4n) is 4.65. The van der Waals surface area contributed by atoms with E-state index in [1.807, 2.05) is 71.9 Å². The Balaban J connectivity index is 1.94. The first-order chi connectivity index (χ1) is 15.8. The van der Waals surface area contributed by atoms with Gasteiger partial charge in [-0.2, -0.15) is 0 Å². The number of phenolic OH excluding ortho intramolecular Hbond substituents is 1. The number of benzene rings is 2. The number of likely N-dealkylation sites (tertiary alicyclic amines) is 1. The highest BCUT2D eigenvalue weighted by Crippen LogP contribution is 2.40. The van der Waals surface area contributed by atoms with Crippen molar-refractivity contribution in [3.63, 3.8) is 0 Å². The number of azide groups is 1. The van der Waals surface area contributed by atoms with Gasteiger partial charge in [-0.05, 0) is 40.0 Å². The van der Waals surface area contributed by atoms with Crippen LogP contribution in [0.1, 0.15) is 74.5 Å². The van der Waals surface area contributed by atoms with Gasteiger partial charge in [0.1, 0.15) is 11.6 Å². The summed E-state index contributed by atoms with van der Waals surface area (Å²) in [5.74, 6) is 0.202. The second-order valence-electron chi connectivity index (χ2n) is 11.2. The molecule has 0 spiro atoms. The van der Waals surface area contributed by atoms with Crippen molar-refractivity contribution in [1.82, 2.24) is 4.90 Å². The van der Waals surface area contributed by atoms with E-state index >= 15 is 0 Å². The van der Waals surface area contributed by atoms with Gasteiger partial charge in [0.25, 0.3) is 0 Å². The number of Topliss-reactive ketones (excluding diaryl/α,β-unsaturated/α-hetero) is 1. The number of carbonyl (C=O) groups is 1. The average molecular weight is 462 g/mol. The largest absolute Gasteiger partial charge is 0.507 e. The molecule has 34 heavy (non-hydrogen) atoms. The van der Waals surface area contributed by atoms with Crippen LogP contribution in [-0.4, -0.2) is 41.3 Å². The number of rotatable bonds is 6. The summed E-state index contributed by atoms with van der Waals surface area (Å²) < 4.78 is 0. The quantitative estimate of drug-likeness (QED) is 0.232. The van der Waals surface area contributed by atoms with Crippen LogP contribution in [0.5, 0.6) is 5.75 Å². The molecule has 0 unspecified atom stereocenters.